The molecule has 0 saturated carbocycles. The number of rotatable bonds is 9. The molecule has 0 aliphatic carbocycles. The van der Waals surface area contributed by atoms with Crippen LogP contribution in [0, 0.1) is 0 Å². The minimum Gasteiger partial charge on any atom is -0.489 e. The summed E-state index contributed by atoms with van der Waals surface area (Å²) < 4.78 is 8.06. The van der Waals surface area contributed by atoms with Gasteiger partial charge in [0.15, 0.2) is 5.82 Å². The molecular formula is C25H25N7O2. The lowest BCUT2D eigenvalue weighted by Crippen LogP contribution is -2.13. The number of hydrogen-bond donors (Lipinski definition) is 2. The molecule has 172 valence electrons. The molecule has 2 aromatic carbocycles. The number of aryl methyl sites for hydroxylation is 1. The first-order valence-corrected chi connectivity index (χ1v) is 11.3. The van der Waals surface area contributed by atoms with Crippen molar-refractivity contribution in [2.24, 2.45) is 0 Å². The third-order valence-corrected chi connectivity index (χ3v) is 5.77. The molecule has 0 aliphatic heterocycles. The Balaban J connectivity index is 1.33. The SMILES string of the molecule is CCCCc1nc2cc[nH]c(=O)c2n1Cc1ccc(OCc2ccccc2-c2nnn[nH]2)cc1. The second-order valence-corrected chi connectivity index (χ2v) is 8.10. The van der Waals surface area contributed by atoms with Crippen molar-refractivity contribution in [1.82, 2.24) is 35.2 Å². The summed E-state index contributed by atoms with van der Waals surface area (Å²) in [4.78, 5) is 20.0. The van der Waals surface area contributed by atoms with Crippen LogP contribution in [-0.2, 0) is 19.6 Å². The first kappa shape index (κ1) is 21.6. The molecule has 0 bridgehead atoms. The highest BCUT2D eigenvalue weighted by Gasteiger charge is 2.14. The van der Waals surface area contributed by atoms with Crippen molar-refractivity contribution < 1.29 is 4.74 Å². The number of H-pyrrole nitrogens is 2. The average molecular weight is 456 g/mol. The minimum atomic E-state index is -0.117. The Morgan fingerprint density at radius 2 is 1.91 bits per heavy atom. The third kappa shape index (κ3) is 4.45. The summed E-state index contributed by atoms with van der Waals surface area (Å²) >= 11 is 0. The van der Waals surface area contributed by atoms with E-state index in [0.717, 1.165) is 53.0 Å². The minimum absolute atomic E-state index is 0.117. The van der Waals surface area contributed by atoms with E-state index in [1.807, 2.05) is 59.2 Å². The molecule has 9 heteroatoms. The lowest BCUT2D eigenvalue weighted by molar-refractivity contribution is 0.306. The van der Waals surface area contributed by atoms with Crippen molar-refractivity contribution in [2.75, 3.05) is 0 Å². The van der Waals surface area contributed by atoms with Crippen LogP contribution in [0.4, 0.5) is 0 Å². The Hall–Kier alpha value is -4.27. The van der Waals surface area contributed by atoms with Crippen LogP contribution in [-0.4, -0.2) is 35.2 Å². The first-order valence-electron chi connectivity index (χ1n) is 11.3. The van der Waals surface area contributed by atoms with Crippen molar-refractivity contribution in [3.63, 3.8) is 0 Å². The fourth-order valence-corrected chi connectivity index (χ4v) is 4.02. The number of nitrogens with zero attached hydrogens (tertiary/aromatic N) is 5. The smallest absolute Gasteiger partial charge is 0.274 e. The predicted octanol–water partition coefficient (Wildman–Crippen LogP) is 3.87. The Bertz CT molecular complexity index is 1440. The quantitative estimate of drug-likeness (QED) is 0.349. The highest BCUT2D eigenvalue weighted by Crippen LogP contribution is 2.22. The van der Waals surface area contributed by atoms with Crippen molar-refractivity contribution in [3.8, 4) is 17.1 Å². The summed E-state index contributed by atoms with van der Waals surface area (Å²) in [6.45, 7) is 3.11. The molecule has 0 unspecified atom stereocenters. The first-order chi connectivity index (χ1) is 16.7. The molecule has 5 aromatic rings. The number of hydrogen-bond acceptors (Lipinski definition) is 6. The van der Waals surface area contributed by atoms with Crippen LogP contribution < -0.4 is 10.3 Å². The maximum Gasteiger partial charge on any atom is 0.274 e. The topological polar surface area (TPSA) is 114 Å². The van der Waals surface area contributed by atoms with E-state index in [2.05, 4.69) is 32.5 Å². The monoisotopic (exact) mass is 455 g/mol. The number of benzene rings is 2. The normalized spacial score (nSPS) is 11.2. The molecule has 0 amide bonds. The number of nitrogens with one attached hydrogen (secondary N) is 2. The molecule has 3 heterocycles. The maximum absolute atomic E-state index is 12.5. The number of fused-ring (bicyclic) bond motifs is 1. The van der Waals surface area contributed by atoms with E-state index in [1.54, 1.807) is 6.20 Å². The van der Waals surface area contributed by atoms with Gasteiger partial charge in [0.1, 0.15) is 23.7 Å². The number of imidazole rings is 1. The van der Waals surface area contributed by atoms with Gasteiger partial charge in [0.05, 0.1) is 5.52 Å². The van der Waals surface area contributed by atoms with Gasteiger partial charge in [-0.25, -0.2) is 10.1 Å². The van der Waals surface area contributed by atoms with E-state index in [0.29, 0.717) is 24.5 Å². The van der Waals surface area contributed by atoms with E-state index < -0.39 is 0 Å². The lowest BCUT2D eigenvalue weighted by Gasteiger charge is -2.11. The van der Waals surface area contributed by atoms with Gasteiger partial charge >= 0.3 is 0 Å². The van der Waals surface area contributed by atoms with Gasteiger partial charge in [-0.3, -0.25) is 4.79 Å². The Kier molecular flexibility index (Phi) is 6.15. The van der Waals surface area contributed by atoms with Crippen molar-refractivity contribution in [2.45, 2.75) is 39.3 Å². The summed E-state index contributed by atoms with van der Waals surface area (Å²) in [6, 6.07) is 17.6. The zero-order valence-corrected chi connectivity index (χ0v) is 18.9. The van der Waals surface area contributed by atoms with Gasteiger partial charge < -0.3 is 14.3 Å². The summed E-state index contributed by atoms with van der Waals surface area (Å²) in [5.74, 6) is 2.30. The van der Waals surface area contributed by atoms with Crippen LogP contribution >= 0.6 is 0 Å². The largest absolute Gasteiger partial charge is 0.489 e. The van der Waals surface area contributed by atoms with Crippen molar-refractivity contribution in [3.05, 3.63) is 88.1 Å². The van der Waals surface area contributed by atoms with E-state index >= 15 is 0 Å². The molecular weight excluding hydrogens is 430 g/mol. The van der Waals surface area contributed by atoms with Gasteiger partial charge in [0.2, 0.25) is 0 Å². The van der Waals surface area contributed by atoms with Crippen LogP contribution in [0.2, 0.25) is 0 Å². The third-order valence-electron chi connectivity index (χ3n) is 5.77. The molecule has 9 nitrogen and oxygen atoms in total. The van der Waals surface area contributed by atoms with Crippen molar-refractivity contribution >= 4 is 11.0 Å². The average Bonchev–Trinajstić information content (AvgIpc) is 3.52. The standard InChI is InChI=1S/C25H25N7O2/c1-2-3-8-22-27-21-13-14-26-25(33)23(21)32(22)15-17-9-11-19(12-10-17)34-16-18-6-4-5-7-20(18)24-28-30-31-29-24/h4-7,9-14H,2-3,8,15-16H2,1H3,(H,26,33)(H,28,29,30,31). The highest BCUT2D eigenvalue weighted by atomic mass is 16.5. The predicted molar refractivity (Wildman–Crippen MR) is 128 cm³/mol. The van der Waals surface area contributed by atoms with E-state index in [9.17, 15) is 4.79 Å². The molecule has 2 N–H and O–H groups in total. The number of aromatic nitrogens is 7. The second-order valence-electron chi connectivity index (χ2n) is 8.10. The molecule has 3 aromatic heterocycles. The van der Waals surface area contributed by atoms with Gasteiger partial charge in [-0.1, -0.05) is 49.7 Å². The summed E-state index contributed by atoms with van der Waals surface area (Å²) in [5.41, 5.74) is 4.19. The molecule has 34 heavy (non-hydrogen) atoms. The Labute approximate surface area is 195 Å². The molecule has 0 atom stereocenters. The van der Waals surface area contributed by atoms with Crippen LogP contribution in [0.25, 0.3) is 22.4 Å². The van der Waals surface area contributed by atoms with Gasteiger partial charge in [-0.15, -0.1) is 5.10 Å². The van der Waals surface area contributed by atoms with Gasteiger partial charge in [0.25, 0.3) is 5.56 Å². The van der Waals surface area contributed by atoms with Gasteiger partial charge in [0, 0.05) is 30.3 Å². The zero-order chi connectivity index (χ0) is 23.3. The molecule has 0 fully saturated rings. The van der Waals surface area contributed by atoms with E-state index in [4.69, 9.17) is 9.72 Å². The van der Waals surface area contributed by atoms with Crippen LogP contribution in [0.1, 0.15) is 36.7 Å². The number of tetrazole rings is 1. The van der Waals surface area contributed by atoms with Crippen molar-refractivity contribution in [1.29, 1.82) is 0 Å². The number of pyridine rings is 1. The Morgan fingerprint density at radius 1 is 1.06 bits per heavy atom. The van der Waals surface area contributed by atoms with Crippen LogP contribution in [0.3, 0.4) is 0 Å². The van der Waals surface area contributed by atoms with Gasteiger partial charge in [-0.05, 0) is 40.6 Å². The van der Waals surface area contributed by atoms with Gasteiger partial charge in [-0.2, -0.15) is 0 Å². The van der Waals surface area contributed by atoms with Crippen LogP contribution in [0.5, 0.6) is 5.75 Å². The summed E-state index contributed by atoms with van der Waals surface area (Å²) in [6.07, 6.45) is 4.59. The fraction of sp³-hybridized carbons (Fsp3) is 0.240. The van der Waals surface area contributed by atoms with E-state index in [-0.39, 0.29) is 5.56 Å². The zero-order valence-electron chi connectivity index (χ0n) is 18.9. The molecule has 5 rings (SSSR count). The van der Waals surface area contributed by atoms with Crippen LogP contribution in [0.15, 0.2) is 65.6 Å². The molecule has 0 radical (unpaired) electrons. The number of ether oxygens (including phenoxy) is 1. The highest BCUT2D eigenvalue weighted by molar-refractivity contribution is 5.74. The molecule has 0 spiro atoms. The second kappa shape index (κ2) is 9.70. The number of unbranched alkanes of at least 4 members (excludes halogenated alkanes) is 1. The fourth-order valence-electron chi connectivity index (χ4n) is 4.02. The van der Waals surface area contributed by atoms with E-state index in [1.165, 1.54) is 0 Å². The maximum atomic E-state index is 12.5. The summed E-state index contributed by atoms with van der Waals surface area (Å²) in [7, 11) is 0. The lowest BCUT2D eigenvalue weighted by atomic mass is 10.1. The summed E-state index contributed by atoms with van der Waals surface area (Å²) in [5, 5.41) is 14.1. The molecule has 0 saturated heterocycles. The Morgan fingerprint density at radius 3 is 2.71 bits per heavy atom. The molecule has 0 aliphatic rings. The number of aromatic amines is 2.